The minimum Gasteiger partial charge on any atom is -0.545 e. The topological polar surface area (TPSA) is 111 Å². The Morgan fingerprint density at radius 2 is 0.621 bits per heavy atom. The summed E-state index contributed by atoms with van der Waals surface area (Å²) >= 11 is 0. The molecule has 0 heterocycles. The number of carbonyl (C=O) groups is 3. The lowest BCUT2D eigenvalue weighted by Gasteiger charge is -2.26. The zero-order valence-electron chi connectivity index (χ0n) is 55.6. The first-order chi connectivity index (χ1) is 42.6. The van der Waals surface area contributed by atoms with Gasteiger partial charge in [-0.3, -0.25) is 9.59 Å². The smallest absolute Gasteiger partial charge is 0.306 e. The Morgan fingerprint density at radius 3 is 0.931 bits per heavy atom. The second kappa shape index (κ2) is 66.3. The zero-order chi connectivity index (χ0) is 63.3. The number of carbonyl (C=O) groups excluding carboxylic acids is 3. The minimum absolute atomic E-state index is 0.130. The van der Waals surface area contributed by atoms with E-state index in [9.17, 15) is 19.5 Å². The largest absolute Gasteiger partial charge is 0.545 e. The first kappa shape index (κ1) is 81.4. The number of nitrogens with zero attached hydrogens (tertiary/aromatic N) is 1. The highest BCUT2D eigenvalue weighted by Gasteiger charge is 2.22. The number of carboxylic acids is 1. The standard InChI is InChI=1S/C78H123NO8/c1-6-8-10-12-14-16-18-20-22-24-26-28-30-32-33-34-35-36-37-38-39-40-41-42-43-45-47-49-51-53-55-57-59-61-63-65-67-69-76(81)87-74(73-86-78(77(82)83)84-71-70-79(3,4)5)72-85-75(80)68-66-64-62-60-58-56-54-52-50-48-46-44-31-29-27-25-23-21-19-17-15-13-11-9-7-2/h8-11,14-17,20-23,26-29,32-33,35-36,38-39,41-42,45,47,51,53,57,59,74,78H,6-7,12-13,18-19,24-25,30-31,34,37,40,43-44,46,48-50,52,54-56,58,60-73H2,1-5H3/b10-8-,11-9-,16-14-,17-15-,22-20-,23-21-,28-26-,29-27-,33-32-,36-35-,39-38-,42-41-,47-45-,53-51-,59-57-. The molecular weight excluding hydrogens is 1080 g/mol. The van der Waals surface area contributed by atoms with Gasteiger partial charge in [-0.1, -0.05) is 267 Å². The third kappa shape index (κ3) is 67.8. The predicted molar refractivity (Wildman–Crippen MR) is 370 cm³/mol. The van der Waals surface area contributed by atoms with Gasteiger partial charge in [0.25, 0.3) is 0 Å². The van der Waals surface area contributed by atoms with Crippen molar-refractivity contribution in [2.24, 2.45) is 0 Å². The summed E-state index contributed by atoms with van der Waals surface area (Å²) in [5, 5.41) is 11.8. The summed E-state index contributed by atoms with van der Waals surface area (Å²) in [5.74, 6) is -2.35. The van der Waals surface area contributed by atoms with Crippen molar-refractivity contribution >= 4 is 17.9 Å². The van der Waals surface area contributed by atoms with Gasteiger partial charge in [-0.2, -0.15) is 0 Å². The molecule has 0 aromatic rings. The molecule has 0 fully saturated rings. The van der Waals surface area contributed by atoms with Gasteiger partial charge in [0.05, 0.1) is 40.3 Å². The second-order valence-corrected chi connectivity index (χ2v) is 23.0. The van der Waals surface area contributed by atoms with Gasteiger partial charge in [0.2, 0.25) is 0 Å². The van der Waals surface area contributed by atoms with Crippen LogP contribution in [-0.2, 0) is 33.3 Å². The van der Waals surface area contributed by atoms with Gasteiger partial charge in [0, 0.05) is 12.8 Å². The molecule has 0 aromatic carbocycles. The Hall–Kier alpha value is -5.61. The number of likely N-dealkylation sites (N-methyl/N-ethyl adjacent to an activating group) is 1. The number of ether oxygens (including phenoxy) is 4. The number of hydrogen-bond donors (Lipinski definition) is 0. The van der Waals surface area contributed by atoms with Gasteiger partial charge >= 0.3 is 11.9 Å². The summed E-state index contributed by atoms with van der Waals surface area (Å²) < 4.78 is 22.7. The molecule has 0 aliphatic rings. The lowest BCUT2D eigenvalue weighted by molar-refractivity contribution is -0.870. The highest BCUT2D eigenvalue weighted by molar-refractivity contribution is 5.70. The Labute approximate surface area is 532 Å². The molecule has 2 unspecified atom stereocenters. The van der Waals surface area contributed by atoms with Gasteiger partial charge < -0.3 is 33.3 Å². The van der Waals surface area contributed by atoms with E-state index >= 15 is 0 Å². The quantitative estimate of drug-likeness (QED) is 0.0195. The summed E-state index contributed by atoms with van der Waals surface area (Å²) in [4.78, 5) is 37.4. The summed E-state index contributed by atoms with van der Waals surface area (Å²) in [6.07, 6.45) is 98.2. The Balaban J connectivity index is 4.29. The lowest BCUT2D eigenvalue weighted by atomic mass is 10.0. The molecule has 0 aliphatic carbocycles. The third-order valence-corrected chi connectivity index (χ3v) is 13.6. The van der Waals surface area contributed by atoms with Crippen molar-refractivity contribution in [1.82, 2.24) is 0 Å². The van der Waals surface area contributed by atoms with E-state index in [1.807, 2.05) is 21.1 Å². The molecule has 0 radical (unpaired) electrons. The fourth-order valence-electron chi connectivity index (χ4n) is 8.53. The number of esters is 2. The molecule has 0 N–H and O–H groups in total. The number of hydrogen-bond acceptors (Lipinski definition) is 8. The van der Waals surface area contributed by atoms with Crippen LogP contribution >= 0.6 is 0 Å². The van der Waals surface area contributed by atoms with Gasteiger partial charge in [-0.15, -0.1) is 0 Å². The number of aliphatic carboxylic acids is 1. The van der Waals surface area contributed by atoms with Crippen LogP contribution in [0.25, 0.3) is 0 Å². The van der Waals surface area contributed by atoms with Crippen LogP contribution in [0.3, 0.4) is 0 Å². The molecule has 87 heavy (non-hydrogen) atoms. The number of quaternary nitrogens is 1. The maximum absolute atomic E-state index is 12.9. The average Bonchev–Trinajstić information content (AvgIpc) is 3.57. The summed E-state index contributed by atoms with van der Waals surface area (Å²) in [5.41, 5.74) is 0. The maximum Gasteiger partial charge on any atom is 0.306 e. The van der Waals surface area contributed by atoms with E-state index in [1.165, 1.54) is 57.8 Å². The zero-order valence-corrected chi connectivity index (χ0v) is 55.6. The minimum atomic E-state index is -1.64. The number of allylic oxidation sites excluding steroid dienone is 30. The molecule has 0 spiro atoms. The first-order valence-corrected chi connectivity index (χ1v) is 33.9. The van der Waals surface area contributed by atoms with E-state index in [0.717, 1.165) is 141 Å². The fourth-order valence-corrected chi connectivity index (χ4v) is 8.53. The number of rotatable bonds is 60. The van der Waals surface area contributed by atoms with Crippen LogP contribution in [-0.4, -0.2) is 82.3 Å². The van der Waals surface area contributed by atoms with Crippen molar-refractivity contribution in [2.45, 2.75) is 245 Å². The van der Waals surface area contributed by atoms with Crippen LogP contribution in [0, 0.1) is 0 Å². The van der Waals surface area contributed by atoms with Crippen LogP contribution < -0.4 is 5.11 Å². The summed E-state index contributed by atoms with van der Waals surface area (Å²) in [6, 6.07) is 0. The van der Waals surface area contributed by atoms with E-state index < -0.39 is 24.3 Å². The van der Waals surface area contributed by atoms with Crippen LogP contribution in [0.15, 0.2) is 182 Å². The average molecular weight is 1200 g/mol. The number of carboxylic acid groups (broad SMARTS) is 1. The third-order valence-electron chi connectivity index (χ3n) is 13.6. The Morgan fingerprint density at radius 1 is 0.345 bits per heavy atom. The van der Waals surface area contributed by atoms with Crippen LogP contribution in [0.5, 0.6) is 0 Å². The molecule has 0 aromatic heterocycles. The molecule has 0 rings (SSSR count). The van der Waals surface area contributed by atoms with Crippen molar-refractivity contribution < 1.29 is 42.9 Å². The van der Waals surface area contributed by atoms with E-state index in [4.69, 9.17) is 18.9 Å². The van der Waals surface area contributed by atoms with E-state index in [-0.39, 0.29) is 38.6 Å². The van der Waals surface area contributed by atoms with Gasteiger partial charge in [0.1, 0.15) is 13.2 Å². The molecule has 0 aliphatic heterocycles. The highest BCUT2D eigenvalue weighted by Crippen LogP contribution is 2.15. The highest BCUT2D eigenvalue weighted by atomic mass is 16.7. The molecule has 488 valence electrons. The van der Waals surface area contributed by atoms with Crippen molar-refractivity contribution in [3.63, 3.8) is 0 Å². The van der Waals surface area contributed by atoms with Gasteiger partial charge in [0.15, 0.2) is 12.4 Å². The normalized spacial score (nSPS) is 13.9. The van der Waals surface area contributed by atoms with Crippen molar-refractivity contribution in [3.8, 4) is 0 Å². The summed E-state index contributed by atoms with van der Waals surface area (Å²) in [6.45, 7) is 4.46. The maximum atomic E-state index is 12.9. The van der Waals surface area contributed by atoms with Crippen LogP contribution in [0.1, 0.15) is 232 Å². The lowest BCUT2D eigenvalue weighted by Crippen LogP contribution is -2.44. The molecule has 9 nitrogen and oxygen atoms in total. The Kier molecular flexibility index (Phi) is 62.1. The van der Waals surface area contributed by atoms with Gasteiger partial charge in [-0.05, 0) is 135 Å². The predicted octanol–water partition coefficient (Wildman–Crippen LogP) is 19.9. The Bertz CT molecular complexity index is 2080. The molecule has 0 amide bonds. The van der Waals surface area contributed by atoms with Crippen molar-refractivity contribution in [2.75, 3.05) is 47.5 Å². The van der Waals surface area contributed by atoms with Crippen molar-refractivity contribution in [3.05, 3.63) is 182 Å². The second-order valence-electron chi connectivity index (χ2n) is 23.0. The molecule has 0 saturated carbocycles. The van der Waals surface area contributed by atoms with Crippen LogP contribution in [0.2, 0.25) is 0 Å². The van der Waals surface area contributed by atoms with Crippen molar-refractivity contribution in [1.29, 1.82) is 0 Å². The fraction of sp³-hybridized carbons (Fsp3) is 0.577. The summed E-state index contributed by atoms with van der Waals surface area (Å²) in [7, 11) is 5.90. The SMILES string of the molecule is CC/C=C\C/C=C\C/C=C\C/C=C\C/C=C\C/C=C\C/C=C\C/C=C\C/C=C\C/C=C\C/C=C\CCCCCC(=O)OC(COC(=O)CCCCCCCCCCCCCC/C=C\C/C=C\C/C=C\C/C=C\CC)COC(OCC[N+](C)(C)C)C(=O)[O-]. The molecule has 0 bridgehead atoms. The van der Waals surface area contributed by atoms with E-state index in [2.05, 4.69) is 196 Å². The molecule has 9 heteroatoms. The molecule has 2 atom stereocenters. The molecule has 0 saturated heterocycles. The van der Waals surface area contributed by atoms with Gasteiger partial charge in [-0.25, -0.2) is 0 Å². The molecular formula is C78H123NO8. The van der Waals surface area contributed by atoms with E-state index in [0.29, 0.717) is 17.4 Å². The monoisotopic (exact) mass is 1200 g/mol. The van der Waals surface area contributed by atoms with Crippen LogP contribution in [0.4, 0.5) is 0 Å². The number of unbranched alkanes of at least 4 members (excludes halogenated alkanes) is 15. The van der Waals surface area contributed by atoms with E-state index in [1.54, 1.807) is 0 Å². The first-order valence-electron chi connectivity index (χ1n) is 33.9.